The van der Waals surface area contributed by atoms with Gasteiger partial charge in [-0.1, -0.05) is 60.7 Å². The number of hydrogen-bond acceptors (Lipinski definition) is 3. The molecule has 3 aromatic carbocycles. The van der Waals surface area contributed by atoms with Crippen LogP contribution >= 0.6 is 0 Å². The predicted octanol–water partition coefficient (Wildman–Crippen LogP) is 4.60. The van der Waals surface area contributed by atoms with E-state index in [4.69, 9.17) is 5.26 Å². The van der Waals surface area contributed by atoms with E-state index < -0.39 is 0 Å². The highest BCUT2D eigenvalue weighted by Crippen LogP contribution is 2.17. The molecule has 0 aliphatic rings. The first-order valence-electron chi connectivity index (χ1n) is 7.76. The summed E-state index contributed by atoms with van der Waals surface area (Å²) in [4.78, 5) is 0. The fourth-order valence-corrected chi connectivity index (χ4v) is 2.34. The van der Waals surface area contributed by atoms with Crippen molar-refractivity contribution in [2.75, 3.05) is 5.01 Å². The van der Waals surface area contributed by atoms with Crippen LogP contribution in [-0.4, -0.2) is 6.21 Å². The molecule has 0 radical (unpaired) electrons. The molecule has 0 saturated heterocycles. The lowest BCUT2D eigenvalue weighted by Crippen LogP contribution is -2.15. The van der Waals surface area contributed by atoms with Crippen molar-refractivity contribution in [3.8, 4) is 6.07 Å². The van der Waals surface area contributed by atoms with Crippen molar-refractivity contribution in [1.29, 1.82) is 5.26 Å². The maximum absolute atomic E-state index is 8.87. The zero-order valence-electron chi connectivity index (χ0n) is 13.2. The Hall–Kier alpha value is -3.38. The maximum Gasteiger partial charge on any atom is 0.0991 e. The molecule has 0 fully saturated rings. The molecule has 0 bridgehead atoms. The van der Waals surface area contributed by atoms with E-state index in [1.54, 1.807) is 12.1 Å². The van der Waals surface area contributed by atoms with E-state index in [0.29, 0.717) is 12.1 Å². The molecule has 24 heavy (non-hydrogen) atoms. The van der Waals surface area contributed by atoms with Gasteiger partial charge in [0.2, 0.25) is 0 Å². The first-order valence-corrected chi connectivity index (χ1v) is 7.76. The zero-order chi connectivity index (χ0) is 16.6. The van der Waals surface area contributed by atoms with Crippen molar-refractivity contribution < 1.29 is 0 Å². The summed E-state index contributed by atoms with van der Waals surface area (Å²) in [5.74, 6) is 0. The lowest BCUT2D eigenvalue weighted by molar-refractivity contribution is 0.858. The molecule has 0 saturated carbocycles. The Kier molecular flexibility index (Phi) is 5.01. The van der Waals surface area contributed by atoms with Crippen LogP contribution in [0.15, 0.2) is 90.0 Å². The summed E-state index contributed by atoms with van der Waals surface area (Å²) < 4.78 is 0. The van der Waals surface area contributed by atoms with E-state index in [2.05, 4.69) is 23.3 Å². The fraction of sp³-hybridized carbons (Fsp3) is 0.0476. The Bertz CT molecular complexity index is 832. The summed E-state index contributed by atoms with van der Waals surface area (Å²) in [6.07, 6.45) is 1.82. The van der Waals surface area contributed by atoms with Crippen LogP contribution in [-0.2, 0) is 6.54 Å². The van der Waals surface area contributed by atoms with E-state index in [1.807, 2.05) is 71.9 Å². The summed E-state index contributed by atoms with van der Waals surface area (Å²) in [5, 5.41) is 15.5. The molecule has 0 aliphatic heterocycles. The van der Waals surface area contributed by atoms with Gasteiger partial charge in [0.25, 0.3) is 0 Å². The van der Waals surface area contributed by atoms with Gasteiger partial charge in [-0.25, -0.2) is 0 Å². The first kappa shape index (κ1) is 15.5. The Labute approximate surface area is 142 Å². The monoisotopic (exact) mass is 311 g/mol. The van der Waals surface area contributed by atoms with Crippen LogP contribution in [0.2, 0.25) is 0 Å². The Balaban J connectivity index is 1.84. The predicted molar refractivity (Wildman–Crippen MR) is 97.8 cm³/mol. The molecule has 0 aliphatic carbocycles. The van der Waals surface area contributed by atoms with Crippen molar-refractivity contribution in [2.24, 2.45) is 5.10 Å². The minimum absolute atomic E-state index is 0.649. The van der Waals surface area contributed by atoms with Gasteiger partial charge in [0, 0.05) is 0 Å². The van der Waals surface area contributed by atoms with Crippen LogP contribution in [0.5, 0.6) is 0 Å². The molecule has 0 aromatic heterocycles. The molecule has 3 heteroatoms. The molecule has 0 atom stereocenters. The Morgan fingerprint density at radius 2 is 1.46 bits per heavy atom. The van der Waals surface area contributed by atoms with Gasteiger partial charge in [0.05, 0.1) is 30.1 Å². The first-order chi connectivity index (χ1) is 11.8. The molecule has 3 rings (SSSR count). The largest absolute Gasteiger partial charge is 0.261 e. The lowest BCUT2D eigenvalue weighted by Gasteiger charge is -2.19. The van der Waals surface area contributed by atoms with Gasteiger partial charge in [-0.15, -0.1) is 0 Å². The average molecular weight is 311 g/mol. The van der Waals surface area contributed by atoms with Gasteiger partial charge >= 0.3 is 0 Å². The van der Waals surface area contributed by atoms with Crippen molar-refractivity contribution in [1.82, 2.24) is 0 Å². The Morgan fingerprint density at radius 3 is 2.08 bits per heavy atom. The quantitative estimate of drug-likeness (QED) is 0.510. The molecule has 3 aromatic rings. The topological polar surface area (TPSA) is 39.4 Å². The number of benzene rings is 3. The minimum Gasteiger partial charge on any atom is -0.261 e. The second-order valence-electron chi connectivity index (χ2n) is 5.36. The smallest absolute Gasteiger partial charge is 0.0991 e. The van der Waals surface area contributed by atoms with Crippen molar-refractivity contribution in [2.45, 2.75) is 6.54 Å². The van der Waals surface area contributed by atoms with Gasteiger partial charge in [0.1, 0.15) is 0 Å². The highest BCUT2D eigenvalue weighted by Gasteiger charge is 2.05. The zero-order valence-corrected chi connectivity index (χ0v) is 13.2. The SMILES string of the molecule is N#Cc1ccc(/C=N\N(Cc2ccccc2)c2ccccc2)cc1. The molecular weight excluding hydrogens is 294 g/mol. The van der Waals surface area contributed by atoms with Crippen LogP contribution in [0.4, 0.5) is 5.69 Å². The molecule has 116 valence electrons. The third-order valence-corrected chi connectivity index (χ3v) is 3.62. The lowest BCUT2D eigenvalue weighted by atomic mass is 10.2. The summed E-state index contributed by atoms with van der Waals surface area (Å²) in [6, 6.07) is 29.8. The van der Waals surface area contributed by atoms with E-state index >= 15 is 0 Å². The van der Waals surface area contributed by atoms with E-state index in [-0.39, 0.29) is 0 Å². The second-order valence-corrected chi connectivity index (χ2v) is 5.36. The van der Waals surface area contributed by atoms with E-state index in [1.165, 1.54) is 5.56 Å². The van der Waals surface area contributed by atoms with E-state index in [9.17, 15) is 0 Å². The van der Waals surface area contributed by atoms with Crippen LogP contribution in [0.25, 0.3) is 0 Å². The van der Waals surface area contributed by atoms with Crippen LogP contribution in [0, 0.1) is 11.3 Å². The molecule has 0 heterocycles. The van der Waals surface area contributed by atoms with Crippen molar-refractivity contribution in [3.63, 3.8) is 0 Å². The van der Waals surface area contributed by atoms with Crippen LogP contribution in [0.3, 0.4) is 0 Å². The van der Waals surface area contributed by atoms with E-state index in [0.717, 1.165) is 11.3 Å². The van der Waals surface area contributed by atoms with Crippen LogP contribution < -0.4 is 5.01 Å². The number of para-hydroxylation sites is 1. The third kappa shape index (κ3) is 4.08. The molecule has 0 unspecified atom stereocenters. The summed E-state index contributed by atoms with van der Waals surface area (Å²) in [5.41, 5.74) is 3.84. The summed E-state index contributed by atoms with van der Waals surface area (Å²) >= 11 is 0. The number of nitrogens with zero attached hydrogens (tertiary/aromatic N) is 3. The van der Waals surface area contributed by atoms with Gasteiger partial charge in [0.15, 0.2) is 0 Å². The Morgan fingerprint density at radius 1 is 0.833 bits per heavy atom. The molecule has 0 spiro atoms. The standard InChI is InChI=1S/C21H17N3/c22-15-18-11-13-19(14-12-18)16-23-24(21-9-5-2-6-10-21)17-20-7-3-1-4-8-20/h1-14,16H,17H2/b23-16-. The molecular formula is C21H17N3. The second kappa shape index (κ2) is 7.75. The number of rotatable bonds is 5. The molecule has 3 nitrogen and oxygen atoms in total. The van der Waals surface area contributed by atoms with Crippen molar-refractivity contribution >= 4 is 11.9 Å². The summed E-state index contributed by atoms with van der Waals surface area (Å²) in [7, 11) is 0. The normalized spacial score (nSPS) is 10.5. The third-order valence-electron chi connectivity index (χ3n) is 3.62. The highest BCUT2D eigenvalue weighted by molar-refractivity contribution is 5.80. The summed E-state index contributed by atoms with van der Waals surface area (Å²) in [6.45, 7) is 0.692. The average Bonchev–Trinajstić information content (AvgIpc) is 2.67. The van der Waals surface area contributed by atoms with Gasteiger partial charge < -0.3 is 0 Å². The fourth-order valence-electron chi connectivity index (χ4n) is 2.34. The van der Waals surface area contributed by atoms with Crippen LogP contribution in [0.1, 0.15) is 16.7 Å². The highest BCUT2D eigenvalue weighted by atomic mass is 15.4. The number of hydrogen-bond donors (Lipinski definition) is 0. The van der Waals surface area contributed by atoms with Gasteiger partial charge in [-0.3, -0.25) is 5.01 Å². The minimum atomic E-state index is 0.649. The molecule has 0 N–H and O–H groups in total. The molecule has 0 amide bonds. The number of hydrazone groups is 1. The van der Waals surface area contributed by atoms with Gasteiger partial charge in [-0.2, -0.15) is 10.4 Å². The maximum atomic E-state index is 8.87. The number of anilines is 1. The van der Waals surface area contributed by atoms with Crippen molar-refractivity contribution in [3.05, 3.63) is 102 Å². The number of nitriles is 1. The van der Waals surface area contributed by atoms with Gasteiger partial charge in [-0.05, 0) is 35.4 Å².